The van der Waals surface area contributed by atoms with Gasteiger partial charge in [-0.1, -0.05) is 6.07 Å². The molecular formula is C21H25N3O4. The van der Waals surface area contributed by atoms with E-state index in [0.717, 1.165) is 17.1 Å². The summed E-state index contributed by atoms with van der Waals surface area (Å²) in [6, 6.07) is 14.2. The molecule has 0 spiro atoms. The Balaban J connectivity index is 1.67. The van der Waals surface area contributed by atoms with Gasteiger partial charge in [-0.25, -0.2) is 4.79 Å². The summed E-state index contributed by atoms with van der Waals surface area (Å²) in [6.07, 6.45) is 0.267. The van der Waals surface area contributed by atoms with Crippen molar-refractivity contribution in [3.05, 3.63) is 48.5 Å². The fourth-order valence-electron chi connectivity index (χ4n) is 3.29. The van der Waals surface area contributed by atoms with E-state index < -0.39 is 0 Å². The van der Waals surface area contributed by atoms with Crippen LogP contribution < -0.4 is 24.6 Å². The summed E-state index contributed by atoms with van der Waals surface area (Å²) in [5.74, 6) is 1.40. The van der Waals surface area contributed by atoms with Gasteiger partial charge in [-0.3, -0.25) is 9.69 Å². The van der Waals surface area contributed by atoms with Crippen molar-refractivity contribution in [2.24, 2.45) is 0 Å². The highest BCUT2D eigenvalue weighted by Gasteiger charge is 2.32. The van der Waals surface area contributed by atoms with E-state index in [1.807, 2.05) is 55.5 Å². The lowest BCUT2D eigenvalue weighted by molar-refractivity contribution is -0.117. The molecule has 3 rings (SSSR count). The molecule has 0 unspecified atom stereocenters. The van der Waals surface area contributed by atoms with Gasteiger partial charge in [0.15, 0.2) is 0 Å². The molecule has 28 heavy (non-hydrogen) atoms. The van der Waals surface area contributed by atoms with E-state index in [1.165, 1.54) is 0 Å². The molecule has 0 saturated carbocycles. The molecule has 1 atom stereocenters. The summed E-state index contributed by atoms with van der Waals surface area (Å²) < 4.78 is 10.4. The van der Waals surface area contributed by atoms with Crippen molar-refractivity contribution in [2.75, 3.05) is 37.1 Å². The Morgan fingerprint density at radius 2 is 1.86 bits per heavy atom. The smallest absolute Gasteiger partial charge is 0.322 e. The van der Waals surface area contributed by atoms with E-state index in [0.29, 0.717) is 18.8 Å². The third-order valence-electron chi connectivity index (χ3n) is 4.76. The van der Waals surface area contributed by atoms with E-state index >= 15 is 0 Å². The maximum atomic E-state index is 12.8. The van der Waals surface area contributed by atoms with Crippen LogP contribution in [-0.2, 0) is 4.79 Å². The summed E-state index contributed by atoms with van der Waals surface area (Å²) >= 11 is 0. The zero-order valence-corrected chi connectivity index (χ0v) is 16.3. The van der Waals surface area contributed by atoms with E-state index in [-0.39, 0.29) is 24.4 Å². The average Bonchev–Trinajstić information content (AvgIpc) is 3.09. The van der Waals surface area contributed by atoms with Crippen LogP contribution >= 0.6 is 0 Å². The minimum absolute atomic E-state index is 0.0222. The SMILES string of the molecule is CCN(C(=O)N[C@@H]1CC(=O)N(c2cccc(OC)c2)C1)c1ccc(OC)cc1. The highest BCUT2D eigenvalue weighted by Crippen LogP contribution is 2.26. The first kappa shape index (κ1) is 19.5. The van der Waals surface area contributed by atoms with Crippen molar-refractivity contribution in [3.8, 4) is 11.5 Å². The second-order valence-corrected chi connectivity index (χ2v) is 6.50. The molecule has 7 nitrogen and oxygen atoms in total. The maximum absolute atomic E-state index is 12.8. The van der Waals surface area contributed by atoms with Crippen molar-refractivity contribution < 1.29 is 19.1 Å². The fourth-order valence-corrected chi connectivity index (χ4v) is 3.29. The summed E-state index contributed by atoms with van der Waals surface area (Å²) in [6.45, 7) is 2.85. The second kappa shape index (κ2) is 8.65. The van der Waals surface area contributed by atoms with Crippen LogP contribution in [0.1, 0.15) is 13.3 Å². The minimum Gasteiger partial charge on any atom is -0.497 e. The van der Waals surface area contributed by atoms with Crippen molar-refractivity contribution in [1.82, 2.24) is 5.32 Å². The Morgan fingerprint density at radius 3 is 2.50 bits per heavy atom. The van der Waals surface area contributed by atoms with E-state index in [2.05, 4.69) is 5.32 Å². The first-order valence-corrected chi connectivity index (χ1v) is 9.22. The molecule has 1 fully saturated rings. The first-order chi connectivity index (χ1) is 13.5. The molecule has 1 heterocycles. The average molecular weight is 383 g/mol. The second-order valence-electron chi connectivity index (χ2n) is 6.50. The molecule has 1 N–H and O–H groups in total. The van der Waals surface area contributed by atoms with Gasteiger partial charge in [0.25, 0.3) is 0 Å². The van der Waals surface area contributed by atoms with Crippen LogP contribution in [0, 0.1) is 0 Å². The Hall–Kier alpha value is -3.22. The fraction of sp³-hybridized carbons (Fsp3) is 0.333. The lowest BCUT2D eigenvalue weighted by Gasteiger charge is -2.24. The van der Waals surface area contributed by atoms with Gasteiger partial charge in [0.1, 0.15) is 11.5 Å². The zero-order valence-electron chi connectivity index (χ0n) is 16.3. The molecular weight excluding hydrogens is 358 g/mol. The number of amides is 3. The van der Waals surface area contributed by atoms with Crippen LogP contribution in [0.3, 0.4) is 0 Å². The molecule has 3 amide bonds. The Kier molecular flexibility index (Phi) is 6.03. The van der Waals surface area contributed by atoms with Crippen LogP contribution in [0.4, 0.5) is 16.2 Å². The Bertz CT molecular complexity index is 838. The molecule has 1 aliphatic rings. The van der Waals surface area contributed by atoms with Crippen molar-refractivity contribution in [1.29, 1.82) is 0 Å². The van der Waals surface area contributed by atoms with Gasteiger partial charge in [-0.15, -0.1) is 0 Å². The quantitative estimate of drug-likeness (QED) is 0.832. The number of nitrogens with one attached hydrogen (secondary N) is 1. The van der Waals surface area contributed by atoms with Gasteiger partial charge < -0.3 is 19.7 Å². The molecule has 1 saturated heterocycles. The number of rotatable bonds is 6. The van der Waals surface area contributed by atoms with Gasteiger partial charge >= 0.3 is 6.03 Å². The van der Waals surface area contributed by atoms with Crippen LogP contribution in [0.15, 0.2) is 48.5 Å². The number of methoxy groups -OCH3 is 2. The van der Waals surface area contributed by atoms with Gasteiger partial charge in [-0.05, 0) is 43.3 Å². The van der Waals surface area contributed by atoms with E-state index in [9.17, 15) is 9.59 Å². The van der Waals surface area contributed by atoms with E-state index in [1.54, 1.807) is 24.0 Å². The van der Waals surface area contributed by atoms with Gasteiger partial charge in [-0.2, -0.15) is 0 Å². The lowest BCUT2D eigenvalue weighted by atomic mass is 10.2. The van der Waals surface area contributed by atoms with Crippen LogP contribution in [0.2, 0.25) is 0 Å². The topological polar surface area (TPSA) is 71.1 Å². The number of hydrogen-bond acceptors (Lipinski definition) is 4. The zero-order chi connectivity index (χ0) is 20.1. The standard InChI is InChI=1S/C21H25N3O4/c1-4-23(16-8-10-18(27-2)11-9-16)21(26)22-15-12-20(25)24(14-15)17-6-5-7-19(13-17)28-3/h5-11,13,15H,4,12,14H2,1-3H3,(H,22,26)/t15-/m1/s1. The molecule has 2 aromatic carbocycles. The number of hydrogen-bond donors (Lipinski definition) is 1. The molecule has 0 aromatic heterocycles. The maximum Gasteiger partial charge on any atom is 0.322 e. The summed E-state index contributed by atoms with van der Waals surface area (Å²) in [4.78, 5) is 28.5. The molecule has 148 valence electrons. The van der Waals surface area contributed by atoms with Crippen molar-refractivity contribution >= 4 is 23.3 Å². The van der Waals surface area contributed by atoms with Crippen LogP contribution in [-0.4, -0.2) is 45.3 Å². The third-order valence-corrected chi connectivity index (χ3v) is 4.76. The number of nitrogens with zero attached hydrogens (tertiary/aromatic N) is 2. The highest BCUT2D eigenvalue weighted by atomic mass is 16.5. The number of anilines is 2. The predicted molar refractivity (Wildman–Crippen MR) is 108 cm³/mol. The van der Waals surface area contributed by atoms with Gasteiger partial charge in [0.2, 0.25) is 5.91 Å². The Labute approximate surface area is 164 Å². The number of carbonyl (C=O) groups excluding carboxylic acids is 2. The lowest BCUT2D eigenvalue weighted by Crippen LogP contribution is -2.46. The van der Waals surface area contributed by atoms with Crippen molar-refractivity contribution in [2.45, 2.75) is 19.4 Å². The van der Waals surface area contributed by atoms with E-state index in [4.69, 9.17) is 9.47 Å². The molecule has 2 aromatic rings. The molecule has 1 aliphatic heterocycles. The Morgan fingerprint density at radius 1 is 1.14 bits per heavy atom. The van der Waals surface area contributed by atoms with Gasteiger partial charge in [0, 0.05) is 37.0 Å². The summed E-state index contributed by atoms with van der Waals surface area (Å²) in [5.41, 5.74) is 1.54. The molecule has 7 heteroatoms. The summed E-state index contributed by atoms with van der Waals surface area (Å²) in [5, 5.41) is 2.98. The minimum atomic E-state index is -0.251. The summed E-state index contributed by atoms with van der Waals surface area (Å²) in [7, 11) is 3.19. The van der Waals surface area contributed by atoms with Crippen molar-refractivity contribution in [3.63, 3.8) is 0 Å². The number of benzene rings is 2. The number of urea groups is 1. The molecule has 0 bridgehead atoms. The monoisotopic (exact) mass is 383 g/mol. The number of carbonyl (C=O) groups is 2. The highest BCUT2D eigenvalue weighted by molar-refractivity contribution is 5.98. The normalized spacial score (nSPS) is 16.0. The van der Waals surface area contributed by atoms with Gasteiger partial charge in [0.05, 0.1) is 20.3 Å². The number of ether oxygens (including phenoxy) is 2. The van der Waals surface area contributed by atoms with Crippen LogP contribution in [0.5, 0.6) is 11.5 Å². The third kappa shape index (κ3) is 4.19. The predicted octanol–water partition coefficient (Wildman–Crippen LogP) is 3.05. The molecule has 0 aliphatic carbocycles. The largest absolute Gasteiger partial charge is 0.497 e. The van der Waals surface area contributed by atoms with Crippen LogP contribution in [0.25, 0.3) is 0 Å². The molecule has 0 radical (unpaired) electrons. The first-order valence-electron chi connectivity index (χ1n) is 9.22.